The standard InChI is InChI=1S/C18H18N2O3/c1-22-16-8-4-6-14(18(16)23-2)9-10-17(21)20-15-7-3-5-13(11-15)12-19/h3-8,11H,9-10H2,1-2H3,(H,20,21). The highest BCUT2D eigenvalue weighted by Crippen LogP contribution is 2.31. The van der Waals surface area contributed by atoms with Crippen LogP contribution in [0, 0.1) is 11.3 Å². The summed E-state index contributed by atoms with van der Waals surface area (Å²) in [5.41, 5.74) is 2.04. The van der Waals surface area contributed by atoms with Crippen molar-refractivity contribution < 1.29 is 14.3 Å². The van der Waals surface area contributed by atoms with E-state index in [4.69, 9.17) is 14.7 Å². The van der Waals surface area contributed by atoms with Gasteiger partial charge in [0.25, 0.3) is 0 Å². The van der Waals surface area contributed by atoms with Gasteiger partial charge in [0.15, 0.2) is 11.5 Å². The normalized spacial score (nSPS) is 9.78. The number of methoxy groups -OCH3 is 2. The fourth-order valence-electron chi connectivity index (χ4n) is 2.29. The Morgan fingerprint density at radius 1 is 1.17 bits per heavy atom. The molecule has 0 aromatic heterocycles. The van der Waals surface area contributed by atoms with Crippen LogP contribution in [-0.2, 0) is 11.2 Å². The van der Waals surface area contributed by atoms with E-state index in [9.17, 15) is 4.79 Å². The van der Waals surface area contributed by atoms with Gasteiger partial charge in [-0.25, -0.2) is 0 Å². The summed E-state index contributed by atoms with van der Waals surface area (Å²) in [6.07, 6.45) is 0.838. The van der Waals surface area contributed by atoms with Crippen molar-refractivity contribution in [2.24, 2.45) is 0 Å². The third-order valence-corrected chi connectivity index (χ3v) is 3.38. The first-order chi connectivity index (χ1) is 11.2. The number of nitrogens with one attached hydrogen (secondary N) is 1. The van der Waals surface area contributed by atoms with Gasteiger partial charge in [-0.2, -0.15) is 5.26 Å². The number of rotatable bonds is 6. The summed E-state index contributed by atoms with van der Waals surface area (Å²) in [5.74, 6) is 1.17. The molecule has 0 spiro atoms. The van der Waals surface area contributed by atoms with Gasteiger partial charge in [0.05, 0.1) is 25.9 Å². The molecule has 0 radical (unpaired) electrons. The van der Waals surface area contributed by atoms with Crippen LogP contribution in [0.4, 0.5) is 5.69 Å². The molecule has 0 atom stereocenters. The van der Waals surface area contributed by atoms with Crippen LogP contribution in [0.5, 0.6) is 11.5 Å². The Balaban J connectivity index is 2.01. The molecule has 0 fully saturated rings. The molecule has 5 heteroatoms. The third kappa shape index (κ3) is 4.24. The fourth-order valence-corrected chi connectivity index (χ4v) is 2.29. The molecule has 1 amide bonds. The predicted molar refractivity (Wildman–Crippen MR) is 87.7 cm³/mol. The molecule has 2 rings (SSSR count). The molecule has 0 aliphatic heterocycles. The van der Waals surface area contributed by atoms with Gasteiger partial charge in [0.2, 0.25) is 5.91 Å². The number of nitrogens with zero attached hydrogens (tertiary/aromatic N) is 1. The molecule has 0 heterocycles. The number of hydrogen-bond acceptors (Lipinski definition) is 4. The molecule has 2 aromatic rings. The van der Waals surface area contributed by atoms with Crippen molar-refractivity contribution in [3.05, 3.63) is 53.6 Å². The Hall–Kier alpha value is -3.00. The molecule has 1 N–H and O–H groups in total. The van der Waals surface area contributed by atoms with Gasteiger partial charge in [0, 0.05) is 12.1 Å². The maximum absolute atomic E-state index is 12.1. The maximum Gasteiger partial charge on any atom is 0.224 e. The van der Waals surface area contributed by atoms with Crippen LogP contribution in [0.2, 0.25) is 0 Å². The molecule has 0 saturated heterocycles. The molecule has 0 aliphatic rings. The van der Waals surface area contributed by atoms with Gasteiger partial charge in [-0.3, -0.25) is 4.79 Å². The highest BCUT2D eigenvalue weighted by molar-refractivity contribution is 5.91. The van der Waals surface area contributed by atoms with E-state index in [0.29, 0.717) is 35.6 Å². The van der Waals surface area contributed by atoms with E-state index in [1.165, 1.54) is 0 Å². The minimum absolute atomic E-state index is 0.120. The molecule has 0 saturated carbocycles. The third-order valence-electron chi connectivity index (χ3n) is 3.38. The smallest absolute Gasteiger partial charge is 0.224 e. The monoisotopic (exact) mass is 310 g/mol. The molecular weight excluding hydrogens is 292 g/mol. The van der Waals surface area contributed by atoms with Crippen molar-refractivity contribution in [3.63, 3.8) is 0 Å². The minimum atomic E-state index is -0.120. The van der Waals surface area contributed by atoms with Gasteiger partial charge < -0.3 is 14.8 Å². The van der Waals surface area contributed by atoms with Crippen molar-refractivity contribution in [1.82, 2.24) is 0 Å². The summed E-state index contributed by atoms with van der Waals surface area (Å²) >= 11 is 0. The average Bonchev–Trinajstić information content (AvgIpc) is 2.59. The van der Waals surface area contributed by atoms with Gasteiger partial charge >= 0.3 is 0 Å². The van der Waals surface area contributed by atoms with E-state index in [1.54, 1.807) is 38.5 Å². The average molecular weight is 310 g/mol. The number of carbonyl (C=O) groups excluding carboxylic acids is 1. The summed E-state index contributed by atoms with van der Waals surface area (Å²) in [7, 11) is 3.16. The van der Waals surface area contributed by atoms with E-state index in [0.717, 1.165) is 5.56 Å². The largest absolute Gasteiger partial charge is 0.493 e. The Morgan fingerprint density at radius 3 is 2.65 bits per heavy atom. The van der Waals surface area contributed by atoms with Crippen LogP contribution in [0.15, 0.2) is 42.5 Å². The SMILES string of the molecule is COc1cccc(CCC(=O)Nc2cccc(C#N)c2)c1OC. The van der Waals surface area contributed by atoms with Crippen molar-refractivity contribution >= 4 is 11.6 Å². The summed E-state index contributed by atoms with van der Waals surface area (Å²) in [4.78, 5) is 12.1. The lowest BCUT2D eigenvalue weighted by Crippen LogP contribution is -2.12. The summed E-state index contributed by atoms with van der Waals surface area (Å²) in [6, 6.07) is 14.5. The first-order valence-corrected chi connectivity index (χ1v) is 7.17. The molecular formula is C18H18N2O3. The second kappa shape index (κ2) is 7.85. The van der Waals surface area contributed by atoms with E-state index >= 15 is 0 Å². The van der Waals surface area contributed by atoms with Crippen molar-refractivity contribution in [3.8, 4) is 17.6 Å². The number of anilines is 1. The summed E-state index contributed by atoms with van der Waals surface area (Å²) < 4.78 is 10.6. The van der Waals surface area contributed by atoms with Crippen LogP contribution in [-0.4, -0.2) is 20.1 Å². The first-order valence-electron chi connectivity index (χ1n) is 7.17. The fraction of sp³-hybridized carbons (Fsp3) is 0.222. The van der Waals surface area contributed by atoms with Gasteiger partial charge in [-0.1, -0.05) is 18.2 Å². The number of para-hydroxylation sites is 1. The number of carbonyl (C=O) groups is 1. The second-order valence-corrected chi connectivity index (χ2v) is 4.89. The zero-order valence-electron chi connectivity index (χ0n) is 13.1. The Kier molecular flexibility index (Phi) is 5.59. The van der Waals surface area contributed by atoms with Crippen LogP contribution < -0.4 is 14.8 Å². The van der Waals surface area contributed by atoms with Gasteiger partial charge in [-0.15, -0.1) is 0 Å². The van der Waals surface area contributed by atoms with E-state index in [1.807, 2.05) is 24.3 Å². The number of aryl methyl sites for hydroxylation is 1. The molecule has 0 aliphatic carbocycles. The number of nitriles is 1. The zero-order valence-corrected chi connectivity index (χ0v) is 13.1. The lowest BCUT2D eigenvalue weighted by Gasteiger charge is -2.12. The van der Waals surface area contributed by atoms with Gasteiger partial charge in [0.1, 0.15) is 0 Å². The zero-order chi connectivity index (χ0) is 16.7. The lowest BCUT2D eigenvalue weighted by atomic mass is 10.1. The number of benzene rings is 2. The lowest BCUT2D eigenvalue weighted by molar-refractivity contribution is -0.116. The Labute approximate surface area is 135 Å². The highest BCUT2D eigenvalue weighted by Gasteiger charge is 2.11. The Morgan fingerprint density at radius 2 is 1.96 bits per heavy atom. The van der Waals surface area contributed by atoms with Crippen molar-refractivity contribution in [1.29, 1.82) is 5.26 Å². The topological polar surface area (TPSA) is 71.3 Å². The van der Waals surface area contributed by atoms with Crippen LogP contribution in [0.25, 0.3) is 0 Å². The molecule has 5 nitrogen and oxygen atoms in total. The minimum Gasteiger partial charge on any atom is -0.493 e. The maximum atomic E-state index is 12.1. The molecule has 23 heavy (non-hydrogen) atoms. The summed E-state index contributed by atoms with van der Waals surface area (Å²) in [5, 5.41) is 11.7. The van der Waals surface area contributed by atoms with Crippen LogP contribution >= 0.6 is 0 Å². The van der Waals surface area contributed by atoms with Crippen LogP contribution in [0.1, 0.15) is 17.5 Å². The van der Waals surface area contributed by atoms with E-state index in [2.05, 4.69) is 5.32 Å². The van der Waals surface area contributed by atoms with Gasteiger partial charge in [-0.05, 0) is 36.2 Å². The molecule has 118 valence electrons. The summed E-state index contributed by atoms with van der Waals surface area (Å²) in [6.45, 7) is 0. The van der Waals surface area contributed by atoms with E-state index < -0.39 is 0 Å². The van der Waals surface area contributed by atoms with E-state index in [-0.39, 0.29) is 5.91 Å². The molecule has 0 unspecified atom stereocenters. The second-order valence-electron chi connectivity index (χ2n) is 4.89. The predicted octanol–water partition coefficient (Wildman–Crippen LogP) is 3.15. The number of hydrogen-bond donors (Lipinski definition) is 1. The van der Waals surface area contributed by atoms with Crippen LogP contribution in [0.3, 0.4) is 0 Å². The highest BCUT2D eigenvalue weighted by atomic mass is 16.5. The number of amides is 1. The molecule has 0 bridgehead atoms. The number of ether oxygens (including phenoxy) is 2. The van der Waals surface area contributed by atoms with Crippen molar-refractivity contribution in [2.75, 3.05) is 19.5 Å². The first kappa shape index (κ1) is 16.4. The Bertz CT molecular complexity index is 735. The quantitative estimate of drug-likeness (QED) is 0.889. The molecule has 2 aromatic carbocycles. The van der Waals surface area contributed by atoms with Crippen molar-refractivity contribution in [2.45, 2.75) is 12.8 Å².